The molecular formula is C23H26ClN7O3. The van der Waals surface area contributed by atoms with Crippen LogP contribution in [0.25, 0.3) is 10.9 Å². The van der Waals surface area contributed by atoms with Crippen molar-refractivity contribution in [2.45, 2.75) is 26.1 Å². The van der Waals surface area contributed by atoms with Crippen LogP contribution in [0.3, 0.4) is 0 Å². The number of benzene rings is 1. The first-order valence-electron chi connectivity index (χ1n) is 10.9. The summed E-state index contributed by atoms with van der Waals surface area (Å²) in [6, 6.07) is 9.08. The van der Waals surface area contributed by atoms with Crippen LogP contribution in [0.5, 0.6) is 0 Å². The molecule has 2 aromatic heterocycles. The number of aromatic nitrogens is 3. The van der Waals surface area contributed by atoms with Crippen LogP contribution < -0.4 is 11.1 Å². The first kappa shape index (κ1) is 23.7. The number of piperazine rings is 1. The van der Waals surface area contributed by atoms with Gasteiger partial charge in [-0.25, -0.2) is 15.0 Å². The van der Waals surface area contributed by atoms with E-state index in [4.69, 9.17) is 22.1 Å². The largest absolute Gasteiger partial charge is 0.383 e. The highest BCUT2D eigenvalue weighted by Gasteiger charge is 2.48. The van der Waals surface area contributed by atoms with Crippen molar-refractivity contribution in [3.05, 3.63) is 53.6 Å². The lowest BCUT2D eigenvalue weighted by Gasteiger charge is -2.47. The van der Waals surface area contributed by atoms with Crippen molar-refractivity contribution < 1.29 is 14.3 Å². The summed E-state index contributed by atoms with van der Waals surface area (Å²) in [6.45, 7) is 4.69. The number of ether oxygens (including phenoxy) is 1. The number of rotatable bonds is 7. The molecular weight excluding hydrogens is 458 g/mol. The Morgan fingerprint density at radius 3 is 2.85 bits per heavy atom. The number of nitrogens with zero attached hydrogens (tertiary/aromatic N) is 5. The molecule has 0 aliphatic carbocycles. The van der Waals surface area contributed by atoms with E-state index in [-0.39, 0.29) is 30.1 Å². The summed E-state index contributed by atoms with van der Waals surface area (Å²) in [5, 5.41) is 4.02. The first-order chi connectivity index (χ1) is 16.3. The van der Waals surface area contributed by atoms with Gasteiger partial charge in [-0.05, 0) is 43.7 Å². The molecule has 0 saturated carbocycles. The second-order valence-corrected chi connectivity index (χ2v) is 8.35. The number of carbonyl (C=O) groups excluding carboxylic acids is 2. The second-order valence-electron chi connectivity index (χ2n) is 7.99. The molecule has 1 aliphatic heterocycles. The molecule has 3 aromatic rings. The smallest absolute Gasteiger partial charge is 0.276 e. The Bertz CT molecular complexity index is 1220. The van der Waals surface area contributed by atoms with Gasteiger partial charge in [0.05, 0.1) is 17.7 Å². The predicted molar refractivity (Wildman–Crippen MR) is 129 cm³/mol. The Kier molecular flexibility index (Phi) is 6.80. The van der Waals surface area contributed by atoms with E-state index in [1.165, 1.54) is 11.2 Å². The molecule has 34 heavy (non-hydrogen) atoms. The summed E-state index contributed by atoms with van der Waals surface area (Å²) in [7, 11) is 0. The Morgan fingerprint density at radius 2 is 2.09 bits per heavy atom. The van der Waals surface area contributed by atoms with Crippen molar-refractivity contribution in [3.63, 3.8) is 0 Å². The van der Waals surface area contributed by atoms with Gasteiger partial charge in [0.25, 0.3) is 5.91 Å². The standard InChI is InChI=1S/C23H26ClN7O3/c1-3-34-23(2)22(33)30(13-15-6-7-16-18(11-15)28-14-29-21(16)25)9-10-31(23)19(32)12-27-17-5-4-8-26-20(17)24/h4-8,11,14,27H,3,9-10,12-13H2,1-2H3,(H2,25,28,29)/t23-/m0/s1. The van der Waals surface area contributed by atoms with E-state index in [0.29, 0.717) is 36.7 Å². The summed E-state index contributed by atoms with van der Waals surface area (Å²) in [4.78, 5) is 42.0. The minimum atomic E-state index is -1.42. The highest BCUT2D eigenvalue weighted by molar-refractivity contribution is 6.32. The van der Waals surface area contributed by atoms with Crippen molar-refractivity contribution in [1.29, 1.82) is 0 Å². The average Bonchev–Trinajstić information content (AvgIpc) is 2.82. The monoisotopic (exact) mass is 483 g/mol. The minimum Gasteiger partial charge on any atom is -0.383 e. The van der Waals surface area contributed by atoms with Crippen molar-refractivity contribution in [2.75, 3.05) is 37.3 Å². The van der Waals surface area contributed by atoms with E-state index in [9.17, 15) is 9.59 Å². The van der Waals surface area contributed by atoms with Gasteiger partial charge < -0.3 is 25.6 Å². The molecule has 0 unspecified atom stereocenters. The average molecular weight is 484 g/mol. The Morgan fingerprint density at radius 1 is 1.26 bits per heavy atom. The summed E-state index contributed by atoms with van der Waals surface area (Å²) in [5.41, 5.74) is 6.63. The number of nitrogens with two attached hydrogens (primary N) is 1. The third kappa shape index (κ3) is 4.59. The number of halogens is 1. The van der Waals surface area contributed by atoms with Gasteiger partial charge in [-0.2, -0.15) is 0 Å². The minimum absolute atomic E-state index is 0.0485. The van der Waals surface area contributed by atoms with Gasteiger partial charge in [0.1, 0.15) is 12.1 Å². The van der Waals surface area contributed by atoms with Gasteiger partial charge in [-0.15, -0.1) is 0 Å². The molecule has 178 valence electrons. The molecule has 0 bridgehead atoms. The van der Waals surface area contributed by atoms with Crippen molar-refractivity contribution in [1.82, 2.24) is 24.8 Å². The van der Waals surface area contributed by atoms with Gasteiger partial charge in [0.15, 0.2) is 5.15 Å². The summed E-state index contributed by atoms with van der Waals surface area (Å²) in [5.74, 6) is -0.151. The van der Waals surface area contributed by atoms with Gasteiger partial charge in [0, 0.05) is 37.8 Å². The molecule has 2 amide bonds. The fourth-order valence-electron chi connectivity index (χ4n) is 4.11. The van der Waals surface area contributed by atoms with Crippen LogP contribution >= 0.6 is 11.6 Å². The van der Waals surface area contributed by atoms with E-state index >= 15 is 0 Å². The van der Waals surface area contributed by atoms with Crippen LogP contribution in [0.1, 0.15) is 19.4 Å². The number of anilines is 2. The first-order valence-corrected chi connectivity index (χ1v) is 11.3. The van der Waals surface area contributed by atoms with Crippen LogP contribution in [0.4, 0.5) is 11.5 Å². The highest BCUT2D eigenvalue weighted by atomic mass is 35.5. The normalized spacial score (nSPS) is 18.4. The molecule has 3 N–H and O–H groups in total. The fourth-order valence-corrected chi connectivity index (χ4v) is 4.29. The van der Waals surface area contributed by atoms with E-state index in [2.05, 4.69) is 20.3 Å². The lowest BCUT2D eigenvalue weighted by Crippen LogP contribution is -2.67. The number of hydrogen-bond acceptors (Lipinski definition) is 8. The zero-order valence-electron chi connectivity index (χ0n) is 19.0. The maximum absolute atomic E-state index is 13.5. The molecule has 1 fully saturated rings. The van der Waals surface area contributed by atoms with Gasteiger partial charge in [-0.3, -0.25) is 9.59 Å². The zero-order valence-corrected chi connectivity index (χ0v) is 19.7. The predicted octanol–water partition coefficient (Wildman–Crippen LogP) is 2.30. The topological polar surface area (TPSA) is 127 Å². The van der Waals surface area contributed by atoms with Crippen LogP contribution in [-0.4, -0.2) is 68.5 Å². The number of fused-ring (bicyclic) bond motifs is 1. The van der Waals surface area contributed by atoms with Crippen LogP contribution in [0.2, 0.25) is 5.15 Å². The fraction of sp³-hybridized carbons (Fsp3) is 0.348. The molecule has 0 spiro atoms. The molecule has 1 saturated heterocycles. The van der Waals surface area contributed by atoms with Gasteiger partial charge >= 0.3 is 0 Å². The van der Waals surface area contributed by atoms with E-state index < -0.39 is 5.72 Å². The Hall–Kier alpha value is -3.50. The number of hydrogen-bond donors (Lipinski definition) is 2. The quantitative estimate of drug-likeness (QED) is 0.490. The molecule has 11 heteroatoms. The molecule has 3 heterocycles. The molecule has 1 aromatic carbocycles. The summed E-state index contributed by atoms with van der Waals surface area (Å²) >= 11 is 6.06. The van der Waals surface area contributed by atoms with E-state index in [1.807, 2.05) is 18.2 Å². The molecule has 1 atom stereocenters. The van der Waals surface area contributed by atoms with Crippen molar-refractivity contribution in [2.24, 2.45) is 0 Å². The highest BCUT2D eigenvalue weighted by Crippen LogP contribution is 2.27. The van der Waals surface area contributed by atoms with Gasteiger partial charge in [-0.1, -0.05) is 17.7 Å². The number of nitrogen functional groups attached to an aromatic ring is 1. The number of carbonyl (C=O) groups is 2. The third-order valence-electron chi connectivity index (χ3n) is 5.81. The summed E-state index contributed by atoms with van der Waals surface area (Å²) < 4.78 is 5.86. The van der Waals surface area contributed by atoms with Crippen molar-refractivity contribution in [3.8, 4) is 0 Å². The number of nitrogens with one attached hydrogen (secondary N) is 1. The van der Waals surface area contributed by atoms with E-state index in [1.54, 1.807) is 37.1 Å². The number of pyridine rings is 1. The Labute approximate surface area is 202 Å². The summed E-state index contributed by atoms with van der Waals surface area (Å²) in [6.07, 6.45) is 2.98. The van der Waals surface area contributed by atoms with Gasteiger partial charge in [0.2, 0.25) is 11.6 Å². The van der Waals surface area contributed by atoms with E-state index in [0.717, 1.165) is 10.9 Å². The molecule has 0 radical (unpaired) electrons. The maximum Gasteiger partial charge on any atom is 0.276 e. The molecule has 10 nitrogen and oxygen atoms in total. The van der Waals surface area contributed by atoms with Crippen LogP contribution in [0.15, 0.2) is 42.9 Å². The lowest BCUT2D eigenvalue weighted by molar-refractivity contribution is -0.200. The zero-order chi connectivity index (χ0) is 24.3. The number of amides is 2. The van der Waals surface area contributed by atoms with Crippen LogP contribution in [0, 0.1) is 0 Å². The van der Waals surface area contributed by atoms with Crippen molar-refractivity contribution >= 4 is 45.8 Å². The maximum atomic E-state index is 13.5. The molecule has 1 aliphatic rings. The molecule has 4 rings (SSSR count). The second kappa shape index (κ2) is 9.78. The van der Waals surface area contributed by atoms with Crippen LogP contribution in [-0.2, 0) is 20.9 Å². The SMILES string of the molecule is CCO[C@@]1(C)C(=O)N(Cc2ccc3c(N)ncnc3c2)CCN1C(=O)CNc1cccnc1Cl. The lowest BCUT2D eigenvalue weighted by atomic mass is 10.1. The Balaban J connectivity index is 1.50. The third-order valence-corrected chi connectivity index (χ3v) is 6.11.